The molecule has 3 aromatic carbocycles. The number of fused-ring (bicyclic) bond motifs is 1. The van der Waals surface area contributed by atoms with Crippen LogP contribution < -0.4 is 9.47 Å². The monoisotopic (exact) mass is 457 g/mol. The maximum Gasteiger partial charge on any atom is 0.307 e. The summed E-state index contributed by atoms with van der Waals surface area (Å²) in [6, 6.07) is 22.0. The number of benzene rings is 3. The maximum absolute atomic E-state index is 11.8. The normalized spacial score (nSPS) is 12.0. The minimum absolute atomic E-state index is 0.0600. The maximum atomic E-state index is 11.8. The van der Waals surface area contributed by atoms with Crippen LogP contribution >= 0.6 is 0 Å². The zero-order valence-electron chi connectivity index (χ0n) is 19.9. The fraction of sp³-hybridized carbons (Fsp3) is 0.276. The van der Waals surface area contributed by atoms with Crippen molar-refractivity contribution in [3.05, 3.63) is 83.4 Å². The van der Waals surface area contributed by atoms with Gasteiger partial charge in [-0.1, -0.05) is 50.2 Å². The molecule has 0 bridgehead atoms. The van der Waals surface area contributed by atoms with Crippen LogP contribution in [0.15, 0.2) is 66.7 Å². The van der Waals surface area contributed by atoms with Gasteiger partial charge in [-0.15, -0.1) is 0 Å². The van der Waals surface area contributed by atoms with Crippen LogP contribution in [0, 0.1) is 0 Å². The van der Waals surface area contributed by atoms with Gasteiger partial charge in [0.25, 0.3) is 0 Å². The lowest BCUT2D eigenvalue weighted by Crippen LogP contribution is -2.02. The van der Waals surface area contributed by atoms with E-state index in [1.54, 1.807) is 0 Å². The molecule has 34 heavy (non-hydrogen) atoms. The Balaban J connectivity index is 1.74. The van der Waals surface area contributed by atoms with Crippen LogP contribution in [0.2, 0.25) is 0 Å². The third kappa shape index (κ3) is 5.09. The highest BCUT2D eigenvalue weighted by molar-refractivity contribution is 5.94. The molecule has 5 heteroatoms. The molecule has 0 saturated carbocycles. The van der Waals surface area contributed by atoms with Crippen molar-refractivity contribution in [2.24, 2.45) is 0 Å². The highest BCUT2D eigenvalue weighted by Gasteiger charge is 2.19. The summed E-state index contributed by atoms with van der Waals surface area (Å²) in [7, 11) is 0. The molecule has 0 saturated heterocycles. The first-order valence-corrected chi connectivity index (χ1v) is 11.8. The van der Waals surface area contributed by atoms with E-state index in [0.29, 0.717) is 30.6 Å². The van der Waals surface area contributed by atoms with Crippen LogP contribution in [-0.4, -0.2) is 22.7 Å². The summed E-state index contributed by atoms with van der Waals surface area (Å²) < 4.78 is 11.9. The quantitative estimate of drug-likeness (QED) is 0.270. The average Bonchev–Trinajstić information content (AvgIpc) is 3.20. The van der Waals surface area contributed by atoms with E-state index in [2.05, 4.69) is 31.0 Å². The molecule has 4 aromatic rings. The molecule has 0 fully saturated rings. The number of aromatic amines is 1. The van der Waals surface area contributed by atoms with Crippen molar-refractivity contribution in [1.82, 2.24) is 4.98 Å². The van der Waals surface area contributed by atoms with Crippen molar-refractivity contribution in [2.75, 3.05) is 6.61 Å². The predicted molar refractivity (Wildman–Crippen MR) is 136 cm³/mol. The predicted octanol–water partition coefficient (Wildman–Crippen LogP) is 6.95. The minimum atomic E-state index is -0.857. The molecule has 0 aliphatic heterocycles. The number of carboxylic acids is 1. The highest BCUT2D eigenvalue weighted by atomic mass is 16.5. The van der Waals surface area contributed by atoms with Crippen molar-refractivity contribution in [3.8, 4) is 22.8 Å². The van der Waals surface area contributed by atoms with Crippen molar-refractivity contribution in [1.29, 1.82) is 0 Å². The van der Waals surface area contributed by atoms with Gasteiger partial charge in [0.15, 0.2) is 11.5 Å². The second-order valence-corrected chi connectivity index (χ2v) is 8.53. The Morgan fingerprint density at radius 1 is 0.971 bits per heavy atom. The van der Waals surface area contributed by atoms with Crippen molar-refractivity contribution in [2.45, 2.75) is 46.1 Å². The summed E-state index contributed by atoms with van der Waals surface area (Å²) in [6.45, 7) is 7.22. The fourth-order valence-electron chi connectivity index (χ4n) is 4.18. The molecule has 1 heterocycles. The van der Waals surface area contributed by atoms with Gasteiger partial charge < -0.3 is 19.6 Å². The number of aliphatic carboxylic acids is 1. The third-order valence-corrected chi connectivity index (χ3v) is 6.21. The van der Waals surface area contributed by atoms with Gasteiger partial charge in [0.2, 0.25) is 0 Å². The summed E-state index contributed by atoms with van der Waals surface area (Å²) in [5.74, 6) is 0.843. The number of carboxylic acid groups (broad SMARTS) is 1. The van der Waals surface area contributed by atoms with Gasteiger partial charge in [-0.25, -0.2) is 0 Å². The van der Waals surface area contributed by atoms with Gasteiger partial charge in [-0.3, -0.25) is 4.79 Å². The van der Waals surface area contributed by atoms with E-state index in [1.807, 2.05) is 61.5 Å². The second kappa shape index (κ2) is 10.5. The summed E-state index contributed by atoms with van der Waals surface area (Å²) in [6.07, 6.45) is 0.967. The first-order chi connectivity index (χ1) is 16.5. The fourth-order valence-corrected chi connectivity index (χ4v) is 4.18. The topological polar surface area (TPSA) is 71.6 Å². The first kappa shape index (κ1) is 23.4. The molecule has 1 unspecified atom stereocenters. The van der Waals surface area contributed by atoms with Gasteiger partial charge in [-0.05, 0) is 66.3 Å². The molecule has 0 aliphatic carbocycles. The van der Waals surface area contributed by atoms with E-state index in [4.69, 9.17) is 9.47 Å². The SMILES string of the molecule is CCOc1cc(-c2[nH]c3ccc(C(C)CC)cc3c2CC(=O)O)ccc1OCc1ccccc1. The number of hydrogen-bond donors (Lipinski definition) is 2. The lowest BCUT2D eigenvalue weighted by molar-refractivity contribution is -0.136. The van der Waals surface area contributed by atoms with Crippen LogP contribution in [0.3, 0.4) is 0 Å². The molecule has 0 aliphatic rings. The first-order valence-electron chi connectivity index (χ1n) is 11.8. The number of ether oxygens (including phenoxy) is 2. The van der Waals surface area contributed by atoms with Crippen LogP contribution in [0.25, 0.3) is 22.2 Å². The van der Waals surface area contributed by atoms with Crippen LogP contribution in [0.5, 0.6) is 11.5 Å². The number of hydrogen-bond acceptors (Lipinski definition) is 3. The van der Waals surface area contributed by atoms with Gasteiger partial charge in [-0.2, -0.15) is 0 Å². The van der Waals surface area contributed by atoms with Gasteiger partial charge in [0, 0.05) is 16.5 Å². The van der Waals surface area contributed by atoms with E-state index in [9.17, 15) is 9.90 Å². The summed E-state index contributed by atoms with van der Waals surface area (Å²) in [5.41, 5.74) is 5.67. The Morgan fingerprint density at radius 2 is 1.76 bits per heavy atom. The largest absolute Gasteiger partial charge is 0.490 e. The van der Waals surface area contributed by atoms with E-state index >= 15 is 0 Å². The van der Waals surface area contributed by atoms with Gasteiger partial charge in [0.05, 0.1) is 18.7 Å². The molecule has 176 valence electrons. The standard InChI is InChI=1S/C29H31NO4/c1-4-19(3)21-11-13-25-23(15-21)24(17-28(31)32)29(30-25)22-12-14-26(27(16-22)33-5-2)34-18-20-9-7-6-8-10-20/h6-16,19,30H,4-5,17-18H2,1-3H3,(H,31,32). The Bertz CT molecular complexity index is 1280. The van der Waals surface area contributed by atoms with Crippen LogP contribution in [0.1, 0.15) is 49.8 Å². The number of rotatable bonds is 10. The third-order valence-electron chi connectivity index (χ3n) is 6.21. The van der Waals surface area contributed by atoms with Gasteiger partial charge >= 0.3 is 5.97 Å². The lowest BCUT2D eigenvalue weighted by Gasteiger charge is -2.14. The Kier molecular flexibility index (Phi) is 7.21. The van der Waals surface area contributed by atoms with Gasteiger partial charge in [0.1, 0.15) is 6.61 Å². The molecular weight excluding hydrogens is 426 g/mol. The van der Waals surface area contributed by atoms with E-state index < -0.39 is 5.97 Å². The summed E-state index contributed by atoms with van der Waals surface area (Å²) in [5, 5.41) is 10.6. The van der Waals surface area contributed by atoms with Crippen molar-refractivity contribution in [3.63, 3.8) is 0 Å². The average molecular weight is 458 g/mol. The highest BCUT2D eigenvalue weighted by Crippen LogP contribution is 2.38. The molecule has 0 spiro atoms. The molecule has 5 nitrogen and oxygen atoms in total. The molecule has 4 rings (SSSR count). The van der Waals surface area contributed by atoms with E-state index in [-0.39, 0.29) is 6.42 Å². The lowest BCUT2D eigenvalue weighted by atomic mass is 9.95. The molecule has 1 atom stereocenters. The second-order valence-electron chi connectivity index (χ2n) is 8.53. The molecular formula is C29H31NO4. The molecule has 1 aromatic heterocycles. The van der Waals surface area contributed by atoms with Crippen molar-refractivity contribution >= 4 is 16.9 Å². The molecule has 0 amide bonds. The molecule has 0 radical (unpaired) electrons. The summed E-state index contributed by atoms with van der Waals surface area (Å²) >= 11 is 0. The zero-order valence-corrected chi connectivity index (χ0v) is 19.9. The Morgan fingerprint density at radius 3 is 2.47 bits per heavy atom. The summed E-state index contributed by atoms with van der Waals surface area (Å²) in [4.78, 5) is 15.2. The van der Waals surface area contributed by atoms with Crippen molar-refractivity contribution < 1.29 is 19.4 Å². The smallest absolute Gasteiger partial charge is 0.307 e. The molecule has 2 N–H and O–H groups in total. The number of H-pyrrole nitrogens is 1. The Labute approximate surface area is 200 Å². The minimum Gasteiger partial charge on any atom is -0.490 e. The van der Waals surface area contributed by atoms with E-state index in [1.165, 1.54) is 5.56 Å². The zero-order chi connectivity index (χ0) is 24.1. The number of nitrogens with one attached hydrogen (secondary N) is 1. The van der Waals surface area contributed by atoms with E-state index in [0.717, 1.165) is 39.7 Å². The van der Waals surface area contributed by atoms with Crippen LogP contribution in [0.4, 0.5) is 0 Å². The van der Waals surface area contributed by atoms with Crippen LogP contribution in [-0.2, 0) is 17.8 Å². The number of carbonyl (C=O) groups is 1. The Hall–Kier alpha value is -3.73. The number of aromatic nitrogens is 1.